The zero-order valence-electron chi connectivity index (χ0n) is 35.2. The molecule has 1 saturated heterocycles. The molecule has 330 valence electrons. The van der Waals surface area contributed by atoms with Crippen molar-refractivity contribution in [2.24, 2.45) is 0 Å². The average Bonchev–Trinajstić information content (AvgIpc) is 3.71. The SMILES string of the molecule is COc1ccc(Cn2c(=O)c(C)cn([C@H]3C[C@@H](OS(=O)(=O)c4ccc([N+](=O)[O-])cc4)[C@@H](COC(C4=CCC(OC)(OC)C=C4)(c4ccccc4)c4ccccc4)O3)c2=O)c(OC)c1. The van der Waals surface area contributed by atoms with Crippen LogP contribution in [0.2, 0.25) is 0 Å². The maximum absolute atomic E-state index is 14.4. The van der Waals surface area contributed by atoms with Gasteiger partial charge in [0.2, 0.25) is 0 Å². The topological polar surface area (TPSA) is 186 Å². The molecule has 2 heterocycles. The van der Waals surface area contributed by atoms with E-state index in [0.29, 0.717) is 23.5 Å². The highest BCUT2D eigenvalue weighted by Gasteiger charge is 2.46. The van der Waals surface area contributed by atoms with Crippen molar-refractivity contribution in [3.63, 3.8) is 0 Å². The lowest BCUT2D eigenvalue weighted by Crippen LogP contribution is -2.42. The van der Waals surface area contributed by atoms with Crippen LogP contribution < -0.4 is 20.7 Å². The second-order valence-electron chi connectivity index (χ2n) is 14.9. The Morgan fingerprint density at radius 2 is 1.54 bits per heavy atom. The van der Waals surface area contributed by atoms with Crippen LogP contribution in [0.25, 0.3) is 0 Å². The van der Waals surface area contributed by atoms with Gasteiger partial charge in [-0.05, 0) is 54.0 Å². The number of nitro groups is 1. The number of hydrogen-bond donors (Lipinski definition) is 0. The summed E-state index contributed by atoms with van der Waals surface area (Å²) in [5, 5.41) is 11.4. The third-order valence-corrected chi connectivity index (χ3v) is 12.7. The van der Waals surface area contributed by atoms with Gasteiger partial charge in [0, 0.05) is 62.6 Å². The van der Waals surface area contributed by atoms with Crippen LogP contribution in [0.4, 0.5) is 5.69 Å². The van der Waals surface area contributed by atoms with E-state index in [1.165, 1.54) is 25.0 Å². The summed E-state index contributed by atoms with van der Waals surface area (Å²) in [6, 6.07) is 28.3. The van der Waals surface area contributed by atoms with E-state index >= 15 is 0 Å². The van der Waals surface area contributed by atoms with E-state index < -0.39 is 56.1 Å². The molecule has 0 saturated carbocycles. The first-order chi connectivity index (χ1) is 30.3. The summed E-state index contributed by atoms with van der Waals surface area (Å²) < 4.78 is 72.1. The van der Waals surface area contributed by atoms with Crippen LogP contribution in [-0.2, 0) is 45.4 Å². The fraction of sp³-hybridized carbons (Fsp3) is 0.304. The fourth-order valence-corrected chi connectivity index (χ4v) is 9.00. The maximum Gasteiger partial charge on any atom is 0.333 e. The minimum Gasteiger partial charge on any atom is -0.497 e. The molecule has 4 aromatic carbocycles. The summed E-state index contributed by atoms with van der Waals surface area (Å²) in [5.41, 5.74) is 0.0632. The van der Waals surface area contributed by atoms with Crippen molar-refractivity contribution >= 4 is 15.8 Å². The third kappa shape index (κ3) is 9.02. The van der Waals surface area contributed by atoms with E-state index in [1.54, 1.807) is 39.3 Å². The largest absolute Gasteiger partial charge is 0.497 e. The standard InChI is InChI=1S/C46H47N3O13S/c1-31-28-47(44(51)48(43(31)50)29-32-16-19-37(56-2)26-39(32)57-3)42-27-40(62-63(54,55)38-20-17-36(18-21-38)49(52)53)41(61-42)30-60-46(33-12-8-6-9-13-33,34-14-10-7-11-15-34)35-22-24-45(58-4,59-5)25-23-35/h6-24,26,28,40-42H,25,27,29-30H2,1-5H3/t40-,41-,42-/m1/s1. The van der Waals surface area contributed by atoms with Crippen LogP contribution in [0.1, 0.15) is 41.3 Å². The minimum absolute atomic E-state index is 0.160. The van der Waals surface area contributed by atoms with Crippen molar-refractivity contribution in [2.45, 2.75) is 61.0 Å². The molecule has 2 aliphatic rings. The predicted octanol–water partition coefficient (Wildman–Crippen LogP) is 6.19. The summed E-state index contributed by atoms with van der Waals surface area (Å²) >= 11 is 0. The number of non-ortho nitro benzene ring substituents is 1. The number of aromatic nitrogens is 2. The monoisotopic (exact) mass is 881 g/mol. The third-order valence-electron chi connectivity index (χ3n) is 11.3. The Kier molecular flexibility index (Phi) is 13.3. The van der Waals surface area contributed by atoms with Crippen molar-refractivity contribution in [2.75, 3.05) is 35.0 Å². The van der Waals surface area contributed by atoms with Crippen LogP contribution in [-0.4, -0.2) is 75.5 Å². The lowest BCUT2D eigenvalue weighted by atomic mass is 9.77. The van der Waals surface area contributed by atoms with Gasteiger partial charge in [0.05, 0.1) is 37.2 Å². The van der Waals surface area contributed by atoms with Crippen LogP contribution >= 0.6 is 0 Å². The summed E-state index contributed by atoms with van der Waals surface area (Å²) in [5.74, 6) is -0.105. The Bertz CT molecular complexity index is 2690. The Hall–Kier alpha value is -6.21. The highest BCUT2D eigenvalue weighted by atomic mass is 32.2. The number of aryl methyl sites for hydroxylation is 1. The highest BCUT2D eigenvalue weighted by molar-refractivity contribution is 7.86. The molecule has 0 radical (unpaired) electrons. The van der Waals surface area contributed by atoms with Gasteiger partial charge in [-0.15, -0.1) is 0 Å². The molecule has 0 bridgehead atoms. The van der Waals surface area contributed by atoms with Crippen LogP contribution in [0, 0.1) is 17.0 Å². The summed E-state index contributed by atoms with van der Waals surface area (Å²) in [6.45, 7) is 1.12. The molecule has 0 spiro atoms. The molecule has 1 aromatic heterocycles. The van der Waals surface area contributed by atoms with E-state index in [1.807, 2.05) is 78.9 Å². The Balaban J connectivity index is 1.30. The normalized spacial score (nSPS) is 18.5. The quantitative estimate of drug-likeness (QED) is 0.0446. The maximum atomic E-state index is 14.4. The molecule has 5 aromatic rings. The van der Waals surface area contributed by atoms with Gasteiger partial charge >= 0.3 is 5.69 Å². The Morgan fingerprint density at radius 3 is 2.10 bits per heavy atom. The summed E-state index contributed by atoms with van der Waals surface area (Å²) in [7, 11) is 1.50. The molecule has 1 fully saturated rings. The van der Waals surface area contributed by atoms with E-state index in [4.69, 9.17) is 32.6 Å². The van der Waals surface area contributed by atoms with Crippen LogP contribution in [0.15, 0.2) is 148 Å². The van der Waals surface area contributed by atoms with Gasteiger partial charge in [-0.25, -0.2) is 4.79 Å². The molecule has 3 atom stereocenters. The zero-order valence-corrected chi connectivity index (χ0v) is 36.1. The molecular weight excluding hydrogens is 835 g/mol. The van der Waals surface area contributed by atoms with Gasteiger partial charge in [0.25, 0.3) is 21.4 Å². The average molecular weight is 882 g/mol. The number of hydrogen-bond acceptors (Lipinski definition) is 13. The van der Waals surface area contributed by atoms with Crippen molar-refractivity contribution in [1.82, 2.24) is 9.13 Å². The number of benzene rings is 4. The lowest BCUT2D eigenvalue weighted by Gasteiger charge is -2.40. The summed E-state index contributed by atoms with van der Waals surface area (Å²) in [6.07, 6.45) is 3.60. The van der Waals surface area contributed by atoms with Gasteiger partial charge in [0.15, 0.2) is 5.79 Å². The molecule has 1 aliphatic heterocycles. The first kappa shape index (κ1) is 44.8. The van der Waals surface area contributed by atoms with Gasteiger partial charge in [-0.2, -0.15) is 8.42 Å². The van der Waals surface area contributed by atoms with Gasteiger partial charge < -0.3 is 28.4 Å². The van der Waals surface area contributed by atoms with Gasteiger partial charge in [-0.3, -0.25) is 28.2 Å². The molecule has 7 rings (SSSR count). The molecule has 63 heavy (non-hydrogen) atoms. The predicted molar refractivity (Wildman–Crippen MR) is 230 cm³/mol. The first-order valence-corrected chi connectivity index (χ1v) is 21.3. The second kappa shape index (κ2) is 18.6. The van der Waals surface area contributed by atoms with Gasteiger partial charge in [-0.1, -0.05) is 72.8 Å². The Morgan fingerprint density at radius 1 is 0.889 bits per heavy atom. The molecule has 0 N–H and O–H groups in total. The lowest BCUT2D eigenvalue weighted by molar-refractivity contribution is -0.384. The molecular formula is C46H47N3O13S. The highest BCUT2D eigenvalue weighted by Crippen LogP contribution is 2.45. The van der Waals surface area contributed by atoms with Crippen molar-refractivity contribution in [3.8, 4) is 11.5 Å². The number of rotatable bonds is 17. The van der Waals surface area contributed by atoms with Crippen molar-refractivity contribution in [3.05, 3.63) is 186 Å². The van der Waals surface area contributed by atoms with E-state index in [0.717, 1.165) is 45.5 Å². The van der Waals surface area contributed by atoms with Crippen LogP contribution in [0.3, 0.4) is 0 Å². The molecule has 17 heteroatoms. The van der Waals surface area contributed by atoms with E-state index in [2.05, 4.69) is 0 Å². The smallest absolute Gasteiger partial charge is 0.333 e. The number of nitro benzene ring substituents is 1. The van der Waals surface area contributed by atoms with E-state index in [9.17, 15) is 28.1 Å². The molecule has 16 nitrogen and oxygen atoms in total. The molecule has 0 unspecified atom stereocenters. The number of ether oxygens (including phenoxy) is 6. The number of nitrogens with zero attached hydrogens (tertiary/aromatic N) is 3. The molecule has 0 amide bonds. The zero-order chi connectivity index (χ0) is 44.9. The second-order valence-corrected chi connectivity index (χ2v) is 16.5. The fourth-order valence-electron chi connectivity index (χ4n) is 7.89. The van der Waals surface area contributed by atoms with Crippen LogP contribution in [0.5, 0.6) is 11.5 Å². The van der Waals surface area contributed by atoms with E-state index in [-0.39, 0.29) is 35.7 Å². The minimum atomic E-state index is -4.58. The van der Waals surface area contributed by atoms with Gasteiger partial charge in [0.1, 0.15) is 35.5 Å². The number of methoxy groups -OCH3 is 4. The molecule has 1 aliphatic carbocycles. The van der Waals surface area contributed by atoms with Crippen molar-refractivity contribution < 1.29 is 45.9 Å². The van der Waals surface area contributed by atoms with Crippen molar-refractivity contribution in [1.29, 1.82) is 0 Å². The summed E-state index contributed by atoms with van der Waals surface area (Å²) in [4.78, 5) is 38.3. The Labute approximate surface area is 363 Å². The first-order valence-electron chi connectivity index (χ1n) is 19.9.